The third kappa shape index (κ3) is 4.21. The summed E-state index contributed by atoms with van der Waals surface area (Å²) in [5, 5.41) is 8.85. The highest BCUT2D eigenvalue weighted by Crippen LogP contribution is 2.34. The van der Waals surface area contributed by atoms with E-state index in [9.17, 15) is 8.42 Å². The Morgan fingerprint density at radius 2 is 1.76 bits per heavy atom. The van der Waals surface area contributed by atoms with Crippen molar-refractivity contribution in [1.29, 1.82) is 5.26 Å². The van der Waals surface area contributed by atoms with Gasteiger partial charge in [0, 0.05) is 25.2 Å². The lowest BCUT2D eigenvalue weighted by Crippen LogP contribution is -2.59. The van der Waals surface area contributed by atoms with Crippen molar-refractivity contribution in [3.05, 3.63) is 29.8 Å². The SMILES string of the molecule is N#Cc1ccc(S(=O)(=O)NCC2(N3CCOCC3)CCCCC2)cc1. The highest BCUT2D eigenvalue weighted by molar-refractivity contribution is 7.89. The van der Waals surface area contributed by atoms with Gasteiger partial charge >= 0.3 is 0 Å². The Balaban J connectivity index is 1.74. The van der Waals surface area contributed by atoms with Crippen LogP contribution in [0.3, 0.4) is 0 Å². The maximum absolute atomic E-state index is 12.7. The van der Waals surface area contributed by atoms with Crippen molar-refractivity contribution < 1.29 is 13.2 Å². The number of ether oxygens (including phenoxy) is 1. The number of nitriles is 1. The van der Waals surface area contributed by atoms with Crippen LogP contribution in [0.5, 0.6) is 0 Å². The van der Waals surface area contributed by atoms with Crippen LogP contribution >= 0.6 is 0 Å². The van der Waals surface area contributed by atoms with Crippen LogP contribution in [-0.2, 0) is 14.8 Å². The van der Waals surface area contributed by atoms with Gasteiger partial charge in [-0.05, 0) is 37.1 Å². The Hall–Kier alpha value is -1.46. The number of morpholine rings is 1. The van der Waals surface area contributed by atoms with Gasteiger partial charge in [-0.25, -0.2) is 13.1 Å². The summed E-state index contributed by atoms with van der Waals surface area (Å²) in [5.74, 6) is 0. The van der Waals surface area contributed by atoms with Gasteiger partial charge in [0.2, 0.25) is 10.0 Å². The van der Waals surface area contributed by atoms with E-state index in [0.29, 0.717) is 25.3 Å². The summed E-state index contributed by atoms with van der Waals surface area (Å²) in [6.45, 7) is 3.57. The molecule has 7 heteroatoms. The molecule has 0 aromatic heterocycles. The van der Waals surface area contributed by atoms with Crippen LogP contribution in [0.15, 0.2) is 29.2 Å². The zero-order chi connectivity index (χ0) is 17.8. The van der Waals surface area contributed by atoms with Crippen LogP contribution in [0, 0.1) is 11.3 Å². The normalized spacial score (nSPS) is 21.6. The van der Waals surface area contributed by atoms with Crippen LogP contribution in [0.4, 0.5) is 0 Å². The summed E-state index contributed by atoms with van der Waals surface area (Å²) in [6, 6.07) is 8.05. The Labute approximate surface area is 149 Å². The van der Waals surface area contributed by atoms with E-state index < -0.39 is 10.0 Å². The minimum absolute atomic E-state index is 0.109. The first-order valence-electron chi connectivity index (χ1n) is 8.88. The topological polar surface area (TPSA) is 82.4 Å². The predicted molar refractivity (Wildman–Crippen MR) is 94.6 cm³/mol. The zero-order valence-corrected chi connectivity index (χ0v) is 15.2. The van der Waals surface area contributed by atoms with E-state index in [4.69, 9.17) is 10.00 Å². The lowest BCUT2D eigenvalue weighted by atomic mass is 9.80. The maximum atomic E-state index is 12.7. The summed E-state index contributed by atoms with van der Waals surface area (Å²) in [5.41, 5.74) is 0.345. The molecule has 0 bridgehead atoms. The van der Waals surface area contributed by atoms with Crippen molar-refractivity contribution in [1.82, 2.24) is 9.62 Å². The quantitative estimate of drug-likeness (QED) is 0.864. The first-order valence-corrected chi connectivity index (χ1v) is 10.4. The Morgan fingerprint density at radius 3 is 2.36 bits per heavy atom. The number of benzene rings is 1. The lowest BCUT2D eigenvalue weighted by molar-refractivity contribution is -0.0348. The fraction of sp³-hybridized carbons (Fsp3) is 0.611. The van der Waals surface area contributed by atoms with Crippen LogP contribution < -0.4 is 4.72 Å². The second kappa shape index (κ2) is 7.83. The second-order valence-corrected chi connectivity index (χ2v) is 8.61. The average Bonchev–Trinajstić information content (AvgIpc) is 2.68. The smallest absolute Gasteiger partial charge is 0.240 e. The summed E-state index contributed by atoms with van der Waals surface area (Å²) in [4.78, 5) is 2.62. The molecule has 0 spiro atoms. The van der Waals surface area contributed by atoms with Crippen LogP contribution in [0.1, 0.15) is 37.7 Å². The number of nitrogens with zero attached hydrogens (tertiary/aromatic N) is 2. The van der Waals surface area contributed by atoms with Gasteiger partial charge in [0.25, 0.3) is 0 Å². The van der Waals surface area contributed by atoms with Crippen LogP contribution in [0.25, 0.3) is 0 Å². The molecule has 25 heavy (non-hydrogen) atoms. The van der Waals surface area contributed by atoms with Crippen LogP contribution in [0.2, 0.25) is 0 Å². The molecule has 0 radical (unpaired) electrons. The Kier molecular flexibility index (Phi) is 5.74. The number of rotatable bonds is 5. The molecule has 0 atom stereocenters. The molecule has 2 fully saturated rings. The van der Waals surface area contributed by atoms with Gasteiger partial charge < -0.3 is 4.74 Å². The molecule has 0 unspecified atom stereocenters. The third-order valence-electron chi connectivity index (χ3n) is 5.35. The number of hydrogen-bond acceptors (Lipinski definition) is 5. The van der Waals surface area contributed by atoms with E-state index in [2.05, 4.69) is 9.62 Å². The van der Waals surface area contributed by atoms with Gasteiger partial charge in [0.05, 0.1) is 29.7 Å². The molecule has 136 valence electrons. The number of hydrogen-bond donors (Lipinski definition) is 1. The van der Waals surface area contributed by atoms with E-state index in [1.807, 2.05) is 6.07 Å². The average molecular weight is 363 g/mol. The number of nitrogens with one attached hydrogen (secondary N) is 1. The molecule has 1 aromatic rings. The summed E-state index contributed by atoms with van der Waals surface area (Å²) in [7, 11) is -3.58. The summed E-state index contributed by atoms with van der Waals surface area (Å²) < 4.78 is 33.6. The molecule has 3 rings (SSSR count). The molecule has 1 saturated heterocycles. The first kappa shape index (κ1) is 18.3. The largest absolute Gasteiger partial charge is 0.379 e. The zero-order valence-electron chi connectivity index (χ0n) is 14.4. The minimum Gasteiger partial charge on any atom is -0.379 e. The molecule has 1 aliphatic carbocycles. The van der Waals surface area contributed by atoms with E-state index in [-0.39, 0.29) is 10.4 Å². The first-order chi connectivity index (χ1) is 12.1. The van der Waals surface area contributed by atoms with Gasteiger partial charge in [0.1, 0.15) is 0 Å². The van der Waals surface area contributed by atoms with Crippen molar-refractivity contribution in [2.24, 2.45) is 0 Å². The van der Waals surface area contributed by atoms with E-state index in [1.54, 1.807) is 0 Å². The number of sulfonamides is 1. The highest BCUT2D eigenvalue weighted by Gasteiger charge is 2.39. The fourth-order valence-electron chi connectivity index (χ4n) is 3.87. The molecule has 1 aromatic carbocycles. The van der Waals surface area contributed by atoms with E-state index in [1.165, 1.54) is 30.7 Å². The van der Waals surface area contributed by atoms with Gasteiger partial charge in [-0.2, -0.15) is 5.26 Å². The molecule has 1 heterocycles. The Morgan fingerprint density at radius 1 is 1.12 bits per heavy atom. The van der Waals surface area contributed by atoms with Gasteiger partial charge in [-0.15, -0.1) is 0 Å². The highest BCUT2D eigenvalue weighted by atomic mass is 32.2. The molecule has 6 nitrogen and oxygen atoms in total. The minimum atomic E-state index is -3.58. The van der Waals surface area contributed by atoms with Gasteiger partial charge in [-0.3, -0.25) is 4.90 Å². The van der Waals surface area contributed by atoms with Gasteiger partial charge in [-0.1, -0.05) is 19.3 Å². The summed E-state index contributed by atoms with van der Waals surface area (Å²) in [6.07, 6.45) is 5.52. The van der Waals surface area contributed by atoms with Gasteiger partial charge in [0.15, 0.2) is 0 Å². The predicted octanol–water partition coefficient (Wildman–Crippen LogP) is 1.87. The third-order valence-corrected chi connectivity index (χ3v) is 6.77. The standard InChI is InChI=1S/C18H25N3O3S/c19-14-16-4-6-17(7-5-16)25(22,23)20-15-18(8-2-1-3-9-18)21-10-12-24-13-11-21/h4-7,20H,1-3,8-13,15H2. The van der Waals surface area contributed by atoms with Crippen molar-refractivity contribution in [3.8, 4) is 6.07 Å². The Bertz CT molecular complexity index is 713. The van der Waals surface area contributed by atoms with Crippen LogP contribution in [-0.4, -0.2) is 51.7 Å². The van der Waals surface area contributed by atoms with Crippen molar-refractivity contribution in [3.63, 3.8) is 0 Å². The molecule has 2 aliphatic rings. The molecular weight excluding hydrogens is 338 g/mol. The molecular formula is C18H25N3O3S. The molecule has 1 N–H and O–H groups in total. The van der Waals surface area contributed by atoms with Crippen molar-refractivity contribution in [2.75, 3.05) is 32.8 Å². The molecule has 1 aliphatic heterocycles. The molecule has 1 saturated carbocycles. The second-order valence-electron chi connectivity index (χ2n) is 6.85. The van der Waals surface area contributed by atoms with E-state index >= 15 is 0 Å². The summed E-state index contributed by atoms with van der Waals surface area (Å²) >= 11 is 0. The monoisotopic (exact) mass is 363 g/mol. The van der Waals surface area contributed by atoms with Crippen molar-refractivity contribution >= 4 is 10.0 Å². The molecule has 0 amide bonds. The maximum Gasteiger partial charge on any atom is 0.240 e. The van der Waals surface area contributed by atoms with E-state index in [0.717, 1.165) is 38.8 Å². The lowest BCUT2D eigenvalue weighted by Gasteiger charge is -2.48. The fourth-order valence-corrected chi connectivity index (χ4v) is 4.99. The van der Waals surface area contributed by atoms with Crippen molar-refractivity contribution in [2.45, 2.75) is 42.5 Å².